The predicted octanol–water partition coefficient (Wildman–Crippen LogP) is 4.06. The molecule has 0 saturated carbocycles. The molecule has 0 aliphatic rings. The number of aliphatic hydroxyl groups is 1. The Hall–Kier alpha value is -1.35. The molecule has 118 valence electrons. The van der Waals surface area contributed by atoms with Gasteiger partial charge in [0, 0.05) is 6.42 Å². The maximum Gasteiger partial charge on any atom is 0.338 e. The first-order valence-corrected chi connectivity index (χ1v) is 7.46. The molecule has 0 spiro atoms. The highest BCUT2D eigenvalue weighted by molar-refractivity contribution is 5.89. The van der Waals surface area contributed by atoms with E-state index in [-0.39, 0.29) is 22.9 Å². The SMILES string of the molecule is CC(C)(C)C(O)CC(OC(=O)c1ccccc1)C(C)(C)C. The van der Waals surface area contributed by atoms with Crippen LogP contribution in [-0.2, 0) is 4.74 Å². The molecule has 0 aliphatic heterocycles. The molecule has 3 heteroatoms. The lowest BCUT2D eigenvalue weighted by Crippen LogP contribution is -2.39. The average Bonchev–Trinajstić information content (AvgIpc) is 2.36. The molecule has 0 bridgehead atoms. The van der Waals surface area contributed by atoms with Crippen molar-refractivity contribution in [2.24, 2.45) is 10.8 Å². The van der Waals surface area contributed by atoms with Crippen molar-refractivity contribution in [3.05, 3.63) is 35.9 Å². The van der Waals surface area contributed by atoms with Crippen LogP contribution < -0.4 is 0 Å². The van der Waals surface area contributed by atoms with Gasteiger partial charge in [-0.1, -0.05) is 59.7 Å². The number of rotatable bonds is 4. The molecule has 1 rings (SSSR count). The van der Waals surface area contributed by atoms with Gasteiger partial charge in [0.05, 0.1) is 11.7 Å². The Morgan fingerprint density at radius 3 is 2.00 bits per heavy atom. The summed E-state index contributed by atoms with van der Waals surface area (Å²) in [7, 11) is 0. The summed E-state index contributed by atoms with van der Waals surface area (Å²) in [6, 6.07) is 8.96. The second-order valence-corrected chi connectivity index (χ2v) is 7.74. The van der Waals surface area contributed by atoms with Crippen LogP contribution in [0.1, 0.15) is 58.3 Å². The zero-order valence-corrected chi connectivity index (χ0v) is 14.0. The van der Waals surface area contributed by atoms with Crippen molar-refractivity contribution in [3.63, 3.8) is 0 Å². The fourth-order valence-corrected chi connectivity index (χ4v) is 1.91. The van der Waals surface area contributed by atoms with Crippen LogP contribution in [0.15, 0.2) is 30.3 Å². The minimum absolute atomic E-state index is 0.226. The van der Waals surface area contributed by atoms with Crippen LogP contribution in [0.4, 0.5) is 0 Å². The Bertz CT molecular complexity index is 452. The number of benzene rings is 1. The normalized spacial score (nSPS) is 15.4. The second-order valence-electron chi connectivity index (χ2n) is 7.74. The van der Waals surface area contributed by atoms with Gasteiger partial charge in [0.25, 0.3) is 0 Å². The molecule has 2 atom stereocenters. The molecule has 1 N–H and O–H groups in total. The molecule has 3 nitrogen and oxygen atoms in total. The predicted molar refractivity (Wildman–Crippen MR) is 85.2 cm³/mol. The van der Waals surface area contributed by atoms with E-state index in [1.165, 1.54) is 0 Å². The first-order chi connectivity index (χ1) is 9.51. The summed E-state index contributed by atoms with van der Waals surface area (Å²) in [4.78, 5) is 12.2. The van der Waals surface area contributed by atoms with Crippen molar-refractivity contribution < 1.29 is 14.6 Å². The van der Waals surface area contributed by atoms with Crippen LogP contribution in [0.3, 0.4) is 0 Å². The largest absolute Gasteiger partial charge is 0.458 e. The summed E-state index contributed by atoms with van der Waals surface area (Å²) in [5, 5.41) is 10.3. The van der Waals surface area contributed by atoms with Crippen LogP contribution in [0.25, 0.3) is 0 Å². The Kier molecular flexibility index (Phi) is 5.57. The van der Waals surface area contributed by atoms with Crippen LogP contribution in [0, 0.1) is 10.8 Å². The van der Waals surface area contributed by atoms with Gasteiger partial charge in [-0.2, -0.15) is 0 Å². The van der Waals surface area contributed by atoms with E-state index >= 15 is 0 Å². The van der Waals surface area contributed by atoms with E-state index in [0.29, 0.717) is 12.0 Å². The average molecular weight is 292 g/mol. The van der Waals surface area contributed by atoms with Gasteiger partial charge in [-0.05, 0) is 23.0 Å². The Morgan fingerprint density at radius 1 is 1.05 bits per heavy atom. The van der Waals surface area contributed by atoms with Crippen LogP contribution >= 0.6 is 0 Å². The summed E-state index contributed by atoms with van der Waals surface area (Å²) >= 11 is 0. The van der Waals surface area contributed by atoms with Gasteiger partial charge in [-0.25, -0.2) is 4.79 Å². The monoisotopic (exact) mass is 292 g/mol. The van der Waals surface area contributed by atoms with E-state index in [9.17, 15) is 9.90 Å². The van der Waals surface area contributed by atoms with E-state index in [0.717, 1.165) is 0 Å². The fourth-order valence-electron chi connectivity index (χ4n) is 1.91. The van der Waals surface area contributed by atoms with Crippen molar-refractivity contribution >= 4 is 5.97 Å². The first-order valence-electron chi connectivity index (χ1n) is 7.46. The van der Waals surface area contributed by atoms with Gasteiger partial charge in [0.1, 0.15) is 6.10 Å². The lowest BCUT2D eigenvalue weighted by Gasteiger charge is -2.35. The summed E-state index contributed by atoms with van der Waals surface area (Å²) in [5.74, 6) is -0.336. The summed E-state index contributed by atoms with van der Waals surface area (Å²) < 4.78 is 5.67. The summed E-state index contributed by atoms with van der Waals surface area (Å²) in [6.07, 6.45) is -0.421. The van der Waals surface area contributed by atoms with Crippen molar-refractivity contribution in [3.8, 4) is 0 Å². The number of esters is 1. The highest BCUT2D eigenvalue weighted by Gasteiger charge is 2.34. The summed E-state index contributed by atoms with van der Waals surface area (Å²) in [6.45, 7) is 12.0. The standard InChI is InChI=1S/C18H28O3/c1-17(2,3)14(19)12-15(18(4,5)6)21-16(20)13-10-8-7-9-11-13/h7-11,14-15,19H,12H2,1-6H3. The molecule has 0 fully saturated rings. The molecule has 0 amide bonds. The number of carbonyl (C=O) groups is 1. The maximum atomic E-state index is 12.2. The molecule has 2 unspecified atom stereocenters. The van der Waals surface area contributed by atoms with Crippen molar-refractivity contribution in [1.82, 2.24) is 0 Å². The number of aliphatic hydroxyl groups excluding tert-OH is 1. The minimum atomic E-state index is -0.523. The Labute approximate surface area is 128 Å². The third kappa shape index (κ3) is 5.50. The Morgan fingerprint density at radius 2 is 1.57 bits per heavy atom. The Balaban J connectivity index is 2.83. The summed E-state index contributed by atoms with van der Waals surface area (Å²) in [5.41, 5.74) is 0.0799. The molecule has 21 heavy (non-hydrogen) atoms. The zero-order chi connectivity index (χ0) is 16.3. The van der Waals surface area contributed by atoms with Gasteiger partial charge >= 0.3 is 5.97 Å². The van der Waals surface area contributed by atoms with Crippen LogP contribution in [0.5, 0.6) is 0 Å². The van der Waals surface area contributed by atoms with E-state index < -0.39 is 6.10 Å². The molecule has 0 aromatic heterocycles. The lowest BCUT2D eigenvalue weighted by atomic mass is 9.79. The first kappa shape index (κ1) is 17.7. The molecule has 0 saturated heterocycles. The highest BCUT2D eigenvalue weighted by atomic mass is 16.5. The maximum absolute atomic E-state index is 12.2. The lowest BCUT2D eigenvalue weighted by molar-refractivity contribution is -0.0438. The third-order valence-corrected chi connectivity index (χ3v) is 3.66. The molecule has 1 aromatic carbocycles. The van der Waals surface area contributed by atoms with Crippen molar-refractivity contribution in [2.45, 2.75) is 60.2 Å². The van der Waals surface area contributed by atoms with Gasteiger partial charge in [-0.15, -0.1) is 0 Å². The van der Waals surface area contributed by atoms with Crippen molar-refractivity contribution in [2.75, 3.05) is 0 Å². The molecular weight excluding hydrogens is 264 g/mol. The van der Waals surface area contributed by atoms with E-state index in [1.807, 2.05) is 59.7 Å². The minimum Gasteiger partial charge on any atom is -0.458 e. The zero-order valence-electron chi connectivity index (χ0n) is 14.0. The van der Waals surface area contributed by atoms with E-state index in [2.05, 4.69) is 0 Å². The van der Waals surface area contributed by atoms with E-state index in [4.69, 9.17) is 4.74 Å². The topological polar surface area (TPSA) is 46.5 Å². The molecule has 0 aliphatic carbocycles. The fraction of sp³-hybridized carbons (Fsp3) is 0.611. The number of hydrogen-bond acceptors (Lipinski definition) is 3. The number of ether oxygens (including phenoxy) is 1. The smallest absolute Gasteiger partial charge is 0.338 e. The second kappa shape index (κ2) is 6.61. The number of carbonyl (C=O) groups excluding carboxylic acids is 1. The van der Waals surface area contributed by atoms with Gasteiger partial charge < -0.3 is 9.84 Å². The molecular formula is C18H28O3. The number of hydrogen-bond donors (Lipinski definition) is 1. The van der Waals surface area contributed by atoms with Gasteiger partial charge in [0.2, 0.25) is 0 Å². The molecule has 0 heterocycles. The molecule has 1 aromatic rings. The van der Waals surface area contributed by atoms with E-state index in [1.54, 1.807) is 12.1 Å². The highest BCUT2D eigenvalue weighted by Crippen LogP contribution is 2.31. The van der Waals surface area contributed by atoms with Crippen LogP contribution in [0.2, 0.25) is 0 Å². The van der Waals surface area contributed by atoms with Crippen LogP contribution in [-0.4, -0.2) is 23.3 Å². The van der Waals surface area contributed by atoms with Crippen molar-refractivity contribution in [1.29, 1.82) is 0 Å². The van der Waals surface area contributed by atoms with Gasteiger partial charge in [0.15, 0.2) is 0 Å². The quantitative estimate of drug-likeness (QED) is 0.851. The van der Waals surface area contributed by atoms with Gasteiger partial charge in [-0.3, -0.25) is 0 Å². The molecule has 0 radical (unpaired) electrons. The third-order valence-electron chi connectivity index (χ3n) is 3.66.